The predicted octanol–water partition coefficient (Wildman–Crippen LogP) is 4.18. The summed E-state index contributed by atoms with van der Waals surface area (Å²) in [4.78, 5) is 4.38. The predicted molar refractivity (Wildman–Crippen MR) is 122 cm³/mol. The molecule has 0 aliphatic carbocycles. The highest BCUT2D eigenvalue weighted by molar-refractivity contribution is 7.92. The van der Waals surface area contributed by atoms with Gasteiger partial charge >= 0.3 is 0 Å². The van der Waals surface area contributed by atoms with E-state index < -0.39 is 10.0 Å². The number of nitrogens with one attached hydrogen (secondary N) is 2. The molecule has 0 amide bonds. The van der Waals surface area contributed by atoms with Crippen LogP contribution >= 0.6 is 0 Å². The maximum absolute atomic E-state index is 13.3. The molecule has 0 saturated heterocycles. The highest BCUT2D eigenvalue weighted by Crippen LogP contribution is 2.34. The minimum Gasteiger partial charge on any atom is -0.445 e. The lowest BCUT2D eigenvalue weighted by Gasteiger charge is -2.15. The van der Waals surface area contributed by atoms with Gasteiger partial charge in [-0.2, -0.15) is 0 Å². The van der Waals surface area contributed by atoms with Gasteiger partial charge in [0.05, 0.1) is 16.8 Å². The second-order valence-corrected chi connectivity index (χ2v) is 9.04. The van der Waals surface area contributed by atoms with Gasteiger partial charge in [0.25, 0.3) is 10.0 Å². The van der Waals surface area contributed by atoms with Gasteiger partial charge in [0.2, 0.25) is 11.8 Å². The van der Waals surface area contributed by atoms with Crippen molar-refractivity contribution in [2.75, 3.05) is 18.3 Å². The quantitative estimate of drug-likeness (QED) is 0.413. The molecule has 4 rings (SSSR count). The minimum atomic E-state index is -3.92. The molecule has 0 saturated carbocycles. The molecule has 0 radical (unpaired) electrons. The standard InChI is InChI=1S/C23H24N4O4S/c1-15-16(2)26-31-22(15)27-32(28,29)21-7-5-4-6-20(21)19-9-8-18(23-25-12-13-30-23)14-17(19)10-11-24-3/h4-9,12-14,24,27H,10-11H2,1-3H3. The van der Waals surface area contributed by atoms with Crippen LogP contribution in [0.2, 0.25) is 0 Å². The van der Waals surface area contributed by atoms with Crippen LogP contribution in [0.15, 0.2) is 68.8 Å². The maximum Gasteiger partial charge on any atom is 0.264 e. The van der Waals surface area contributed by atoms with Gasteiger partial charge < -0.3 is 14.3 Å². The van der Waals surface area contributed by atoms with E-state index in [1.54, 1.807) is 38.2 Å². The van der Waals surface area contributed by atoms with Gasteiger partial charge in [-0.3, -0.25) is 0 Å². The molecule has 0 unspecified atom stereocenters. The average Bonchev–Trinajstić information content (AvgIpc) is 3.44. The Morgan fingerprint density at radius 2 is 1.88 bits per heavy atom. The first-order valence-electron chi connectivity index (χ1n) is 10.1. The molecule has 0 spiro atoms. The van der Waals surface area contributed by atoms with E-state index in [-0.39, 0.29) is 10.8 Å². The van der Waals surface area contributed by atoms with E-state index in [4.69, 9.17) is 8.94 Å². The van der Waals surface area contributed by atoms with E-state index in [0.717, 1.165) is 23.2 Å². The third-order valence-electron chi connectivity index (χ3n) is 5.28. The van der Waals surface area contributed by atoms with Crippen molar-refractivity contribution in [3.05, 3.63) is 71.7 Å². The average molecular weight is 453 g/mol. The molecule has 9 heteroatoms. The molecule has 2 N–H and O–H groups in total. The molecule has 166 valence electrons. The number of nitrogens with zero attached hydrogens (tertiary/aromatic N) is 2. The van der Waals surface area contributed by atoms with Crippen LogP contribution in [0.25, 0.3) is 22.6 Å². The van der Waals surface area contributed by atoms with Gasteiger partial charge in [0, 0.05) is 16.7 Å². The summed E-state index contributed by atoms with van der Waals surface area (Å²) >= 11 is 0. The van der Waals surface area contributed by atoms with E-state index >= 15 is 0 Å². The van der Waals surface area contributed by atoms with Crippen LogP contribution in [0, 0.1) is 13.8 Å². The fourth-order valence-corrected chi connectivity index (χ4v) is 4.70. The number of sulfonamides is 1. The number of oxazole rings is 1. The first-order chi connectivity index (χ1) is 15.4. The van der Waals surface area contributed by atoms with Gasteiger partial charge in [0.1, 0.15) is 6.26 Å². The topological polar surface area (TPSA) is 110 Å². The van der Waals surface area contributed by atoms with Crippen LogP contribution in [0.4, 0.5) is 5.88 Å². The fourth-order valence-electron chi connectivity index (χ4n) is 3.43. The SMILES string of the molecule is CNCCc1cc(-c2ncco2)ccc1-c1ccccc1S(=O)(=O)Nc1onc(C)c1C. The van der Waals surface area contributed by atoms with E-state index in [1.165, 1.54) is 6.26 Å². The first-order valence-corrected chi connectivity index (χ1v) is 11.6. The number of hydrogen-bond acceptors (Lipinski definition) is 7. The lowest BCUT2D eigenvalue weighted by Crippen LogP contribution is -2.15. The van der Waals surface area contributed by atoms with Crippen LogP contribution in [0.5, 0.6) is 0 Å². The number of anilines is 1. The van der Waals surface area contributed by atoms with Crippen molar-refractivity contribution in [3.8, 4) is 22.6 Å². The Bertz CT molecular complexity index is 1330. The van der Waals surface area contributed by atoms with Crippen LogP contribution in [0.1, 0.15) is 16.8 Å². The van der Waals surface area contributed by atoms with Gasteiger partial charge in [0.15, 0.2) is 0 Å². The van der Waals surface area contributed by atoms with E-state index in [9.17, 15) is 8.42 Å². The first kappa shape index (κ1) is 21.8. The molecule has 0 fully saturated rings. The Morgan fingerprint density at radius 1 is 1.06 bits per heavy atom. The van der Waals surface area contributed by atoms with Crippen LogP contribution in [-0.4, -0.2) is 32.2 Å². The van der Waals surface area contributed by atoms with E-state index in [0.29, 0.717) is 29.1 Å². The van der Waals surface area contributed by atoms with Crippen molar-refractivity contribution < 1.29 is 17.4 Å². The Labute approximate surface area is 186 Å². The molecule has 0 bridgehead atoms. The maximum atomic E-state index is 13.3. The highest BCUT2D eigenvalue weighted by atomic mass is 32.2. The number of aryl methyl sites for hydroxylation is 1. The molecule has 0 atom stereocenters. The normalized spacial score (nSPS) is 11.6. The third-order valence-corrected chi connectivity index (χ3v) is 6.67. The molecular formula is C23H24N4O4S. The van der Waals surface area contributed by atoms with E-state index in [1.807, 2.05) is 31.3 Å². The molecule has 8 nitrogen and oxygen atoms in total. The molecule has 2 aromatic heterocycles. The summed E-state index contributed by atoms with van der Waals surface area (Å²) in [5.41, 5.74) is 4.50. The summed E-state index contributed by atoms with van der Waals surface area (Å²) in [5, 5.41) is 6.98. The fraction of sp³-hybridized carbons (Fsp3) is 0.217. The Hall–Kier alpha value is -3.43. The lowest BCUT2D eigenvalue weighted by atomic mass is 9.95. The minimum absolute atomic E-state index is 0.118. The highest BCUT2D eigenvalue weighted by Gasteiger charge is 2.24. The zero-order valence-electron chi connectivity index (χ0n) is 18.0. The summed E-state index contributed by atoms with van der Waals surface area (Å²) in [6.45, 7) is 4.24. The summed E-state index contributed by atoms with van der Waals surface area (Å²) in [7, 11) is -2.05. The van der Waals surface area contributed by atoms with E-state index in [2.05, 4.69) is 20.2 Å². The largest absolute Gasteiger partial charge is 0.445 e. The monoisotopic (exact) mass is 452 g/mol. The molecule has 0 aliphatic heterocycles. The molecular weight excluding hydrogens is 428 g/mol. The van der Waals surface area contributed by atoms with Gasteiger partial charge in [-0.15, -0.1) is 0 Å². The summed E-state index contributed by atoms with van der Waals surface area (Å²) in [6.07, 6.45) is 3.82. The van der Waals surface area contributed by atoms with Crippen molar-refractivity contribution in [3.63, 3.8) is 0 Å². The zero-order chi connectivity index (χ0) is 22.7. The molecule has 0 aliphatic rings. The van der Waals surface area contributed by atoms with Crippen molar-refractivity contribution in [1.29, 1.82) is 0 Å². The zero-order valence-corrected chi connectivity index (χ0v) is 18.9. The van der Waals surface area contributed by atoms with Crippen LogP contribution < -0.4 is 10.0 Å². The molecule has 4 aromatic rings. The van der Waals surface area contributed by atoms with Crippen LogP contribution in [-0.2, 0) is 16.4 Å². The number of aromatic nitrogens is 2. The smallest absolute Gasteiger partial charge is 0.264 e. The third kappa shape index (κ3) is 4.30. The van der Waals surface area contributed by atoms with Gasteiger partial charge in [-0.1, -0.05) is 29.4 Å². The summed E-state index contributed by atoms with van der Waals surface area (Å²) in [5.74, 6) is 0.632. The Morgan fingerprint density at radius 3 is 2.56 bits per heavy atom. The number of hydrogen-bond donors (Lipinski definition) is 2. The van der Waals surface area contributed by atoms with Crippen molar-refractivity contribution in [1.82, 2.24) is 15.5 Å². The summed E-state index contributed by atoms with van der Waals surface area (Å²) < 4.78 is 39.7. The van der Waals surface area contributed by atoms with Gasteiger partial charge in [-0.25, -0.2) is 18.1 Å². The van der Waals surface area contributed by atoms with Crippen molar-refractivity contribution in [2.45, 2.75) is 25.2 Å². The molecule has 2 aromatic carbocycles. The number of benzene rings is 2. The van der Waals surface area contributed by atoms with Crippen molar-refractivity contribution >= 4 is 15.9 Å². The number of rotatable bonds is 8. The summed E-state index contributed by atoms with van der Waals surface area (Å²) in [6, 6.07) is 12.7. The second kappa shape index (κ2) is 8.97. The van der Waals surface area contributed by atoms with Gasteiger partial charge in [-0.05, 0) is 63.2 Å². The molecule has 32 heavy (non-hydrogen) atoms. The molecule has 2 heterocycles. The number of likely N-dealkylation sites (N-methyl/N-ethyl adjacent to an activating group) is 1. The van der Waals surface area contributed by atoms with Crippen molar-refractivity contribution in [2.24, 2.45) is 0 Å². The lowest BCUT2D eigenvalue weighted by molar-refractivity contribution is 0.430. The Balaban J connectivity index is 1.80. The Kier molecular flexibility index (Phi) is 6.11. The van der Waals surface area contributed by atoms with Crippen LogP contribution in [0.3, 0.4) is 0 Å². The second-order valence-electron chi connectivity index (χ2n) is 7.39.